The van der Waals surface area contributed by atoms with Gasteiger partial charge in [0.15, 0.2) is 5.96 Å². The molecule has 6 nitrogen and oxygen atoms in total. The van der Waals surface area contributed by atoms with Crippen molar-refractivity contribution in [1.82, 2.24) is 15.6 Å². The summed E-state index contributed by atoms with van der Waals surface area (Å²) < 4.78 is 10.8. The summed E-state index contributed by atoms with van der Waals surface area (Å²) in [5.41, 5.74) is 0.819. The fraction of sp³-hybridized carbons (Fsp3) is 0.500. The molecule has 0 saturated heterocycles. The van der Waals surface area contributed by atoms with E-state index in [2.05, 4.69) is 20.6 Å². The second kappa shape index (κ2) is 10.0. The zero-order chi connectivity index (χ0) is 16.3. The van der Waals surface area contributed by atoms with Gasteiger partial charge in [0.1, 0.15) is 12.0 Å². The van der Waals surface area contributed by atoms with Crippen LogP contribution in [0.3, 0.4) is 0 Å². The first kappa shape index (κ1) is 17.5. The Morgan fingerprint density at radius 1 is 1.39 bits per heavy atom. The van der Waals surface area contributed by atoms with Gasteiger partial charge >= 0.3 is 0 Å². The minimum absolute atomic E-state index is 0.482. The summed E-state index contributed by atoms with van der Waals surface area (Å²) in [4.78, 5) is 10.0. The Bertz CT molecular complexity index is 581. The maximum Gasteiger partial charge on any atom is 0.236 e. The Hall–Kier alpha value is -1.86. The Labute approximate surface area is 141 Å². The van der Waals surface area contributed by atoms with E-state index in [1.807, 2.05) is 31.4 Å². The van der Waals surface area contributed by atoms with Gasteiger partial charge < -0.3 is 19.8 Å². The van der Waals surface area contributed by atoms with Crippen molar-refractivity contribution >= 4 is 17.3 Å². The maximum atomic E-state index is 5.50. The molecule has 0 unspecified atom stereocenters. The van der Waals surface area contributed by atoms with Crippen molar-refractivity contribution in [2.45, 2.75) is 26.8 Å². The number of rotatable bonds is 9. The minimum atomic E-state index is 0.482. The molecule has 0 bridgehead atoms. The first-order valence-electron chi connectivity index (χ1n) is 7.91. The predicted octanol–water partition coefficient (Wildman–Crippen LogP) is 2.88. The van der Waals surface area contributed by atoms with Crippen LogP contribution < -0.4 is 10.6 Å². The van der Waals surface area contributed by atoms with Crippen molar-refractivity contribution in [3.05, 3.63) is 29.5 Å². The second-order valence-electron chi connectivity index (χ2n) is 4.79. The SMILES string of the molecule is CCNC(=NCc1coc(-c2cccs2)n1)NCCCOCC. The Balaban J connectivity index is 1.84. The highest BCUT2D eigenvalue weighted by Crippen LogP contribution is 2.23. The van der Waals surface area contributed by atoms with E-state index in [1.165, 1.54) is 0 Å². The number of hydrogen-bond acceptors (Lipinski definition) is 5. The molecular weight excluding hydrogens is 312 g/mol. The van der Waals surface area contributed by atoms with Gasteiger partial charge in [0.05, 0.1) is 11.4 Å². The maximum absolute atomic E-state index is 5.50. The van der Waals surface area contributed by atoms with Gasteiger partial charge in [0.2, 0.25) is 5.89 Å². The van der Waals surface area contributed by atoms with Gasteiger partial charge in [-0.15, -0.1) is 11.3 Å². The lowest BCUT2D eigenvalue weighted by molar-refractivity contribution is 0.145. The van der Waals surface area contributed by atoms with Gasteiger partial charge in [0.25, 0.3) is 0 Å². The van der Waals surface area contributed by atoms with E-state index in [1.54, 1.807) is 17.6 Å². The highest BCUT2D eigenvalue weighted by atomic mass is 32.1. The van der Waals surface area contributed by atoms with Crippen molar-refractivity contribution in [3.8, 4) is 10.8 Å². The minimum Gasteiger partial charge on any atom is -0.443 e. The van der Waals surface area contributed by atoms with E-state index in [-0.39, 0.29) is 0 Å². The molecule has 2 N–H and O–H groups in total. The first-order valence-corrected chi connectivity index (χ1v) is 8.79. The Kier molecular flexibility index (Phi) is 7.62. The van der Waals surface area contributed by atoms with Crippen LogP contribution in [0.1, 0.15) is 26.0 Å². The number of nitrogens with zero attached hydrogens (tertiary/aromatic N) is 2. The molecular formula is C16H24N4O2S. The van der Waals surface area contributed by atoms with E-state index in [9.17, 15) is 0 Å². The van der Waals surface area contributed by atoms with E-state index in [0.717, 1.165) is 49.3 Å². The first-order chi connectivity index (χ1) is 11.3. The van der Waals surface area contributed by atoms with Crippen LogP contribution in [0.2, 0.25) is 0 Å². The number of thiophene rings is 1. The molecule has 7 heteroatoms. The Morgan fingerprint density at radius 2 is 2.30 bits per heavy atom. The standard InChI is InChI=1S/C16H24N4O2S/c1-3-17-16(18-8-6-9-21-4-2)19-11-13-12-22-15(20-13)14-7-5-10-23-14/h5,7,10,12H,3-4,6,8-9,11H2,1-2H3,(H2,17,18,19). The number of aliphatic imine (C=N–C) groups is 1. The summed E-state index contributed by atoms with van der Waals surface area (Å²) in [6.45, 7) is 7.68. The molecule has 126 valence electrons. The lowest BCUT2D eigenvalue weighted by Gasteiger charge is -2.10. The average molecular weight is 336 g/mol. The van der Waals surface area contributed by atoms with Crippen molar-refractivity contribution in [3.63, 3.8) is 0 Å². The van der Waals surface area contributed by atoms with Crippen LogP contribution in [0.5, 0.6) is 0 Å². The zero-order valence-electron chi connectivity index (χ0n) is 13.7. The Morgan fingerprint density at radius 3 is 3.04 bits per heavy atom. The summed E-state index contributed by atoms with van der Waals surface area (Å²) in [6.07, 6.45) is 2.61. The van der Waals surface area contributed by atoms with Crippen LogP contribution in [0, 0.1) is 0 Å². The average Bonchev–Trinajstić information content (AvgIpc) is 3.23. The summed E-state index contributed by atoms with van der Waals surface area (Å²) in [5.74, 6) is 1.43. The quantitative estimate of drug-likeness (QED) is 0.418. The zero-order valence-corrected chi connectivity index (χ0v) is 14.5. The van der Waals surface area contributed by atoms with Gasteiger partial charge in [-0.25, -0.2) is 9.98 Å². The van der Waals surface area contributed by atoms with E-state index < -0.39 is 0 Å². The van der Waals surface area contributed by atoms with Crippen molar-refractivity contribution in [1.29, 1.82) is 0 Å². The molecule has 2 aromatic heterocycles. The second-order valence-corrected chi connectivity index (χ2v) is 5.74. The van der Waals surface area contributed by atoms with Crippen molar-refractivity contribution in [2.24, 2.45) is 4.99 Å². The molecule has 0 spiro atoms. The van der Waals surface area contributed by atoms with Crippen molar-refractivity contribution in [2.75, 3.05) is 26.3 Å². The van der Waals surface area contributed by atoms with Gasteiger partial charge in [-0.3, -0.25) is 0 Å². The molecule has 0 amide bonds. The monoisotopic (exact) mass is 336 g/mol. The molecule has 0 aliphatic rings. The number of nitrogens with one attached hydrogen (secondary N) is 2. The topological polar surface area (TPSA) is 71.7 Å². The summed E-state index contributed by atoms with van der Waals surface area (Å²) >= 11 is 1.61. The van der Waals surface area contributed by atoms with Crippen LogP contribution in [0.4, 0.5) is 0 Å². The van der Waals surface area contributed by atoms with Gasteiger partial charge in [-0.1, -0.05) is 6.07 Å². The fourth-order valence-corrected chi connectivity index (χ4v) is 2.58. The van der Waals surface area contributed by atoms with Gasteiger partial charge in [-0.05, 0) is 31.7 Å². The normalized spacial score (nSPS) is 11.7. The summed E-state index contributed by atoms with van der Waals surface area (Å²) in [6, 6.07) is 3.98. The molecule has 0 radical (unpaired) electrons. The molecule has 0 aromatic carbocycles. The summed E-state index contributed by atoms with van der Waals surface area (Å²) in [7, 11) is 0. The smallest absolute Gasteiger partial charge is 0.236 e. The molecule has 2 aromatic rings. The third-order valence-electron chi connectivity index (χ3n) is 2.99. The van der Waals surface area contributed by atoms with Crippen LogP contribution >= 0.6 is 11.3 Å². The molecule has 2 rings (SSSR count). The number of aromatic nitrogens is 1. The van der Waals surface area contributed by atoms with E-state index >= 15 is 0 Å². The molecule has 0 aliphatic heterocycles. The molecule has 23 heavy (non-hydrogen) atoms. The molecule has 0 fully saturated rings. The van der Waals surface area contributed by atoms with Gasteiger partial charge in [0, 0.05) is 26.3 Å². The van der Waals surface area contributed by atoms with E-state index in [0.29, 0.717) is 12.4 Å². The van der Waals surface area contributed by atoms with E-state index in [4.69, 9.17) is 9.15 Å². The third kappa shape index (κ3) is 6.03. The van der Waals surface area contributed by atoms with Crippen LogP contribution in [-0.2, 0) is 11.3 Å². The van der Waals surface area contributed by atoms with Crippen LogP contribution in [0.15, 0.2) is 33.2 Å². The molecule has 0 saturated carbocycles. The van der Waals surface area contributed by atoms with Crippen LogP contribution in [0.25, 0.3) is 10.8 Å². The highest BCUT2D eigenvalue weighted by molar-refractivity contribution is 7.13. The van der Waals surface area contributed by atoms with Gasteiger partial charge in [-0.2, -0.15) is 0 Å². The molecule has 0 aliphatic carbocycles. The predicted molar refractivity (Wildman–Crippen MR) is 93.7 cm³/mol. The summed E-state index contributed by atoms with van der Waals surface area (Å²) in [5, 5.41) is 8.51. The lowest BCUT2D eigenvalue weighted by atomic mass is 10.4. The third-order valence-corrected chi connectivity index (χ3v) is 3.85. The fourth-order valence-electron chi connectivity index (χ4n) is 1.92. The lowest BCUT2D eigenvalue weighted by Crippen LogP contribution is -2.38. The molecule has 2 heterocycles. The molecule has 0 atom stereocenters. The number of guanidine groups is 1. The van der Waals surface area contributed by atoms with Crippen molar-refractivity contribution < 1.29 is 9.15 Å². The highest BCUT2D eigenvalue weighted by Gasteiger charge is 2.07. The largest absolute Gasteiger partial charge is 0.443 e. The number of oxazole rings is 1. The van der Waals surface area contributed by atoms with Crippen LogP contribution in [-0.4, -0.2) is 37.2 Å². The number of hydrogen-bond donors (Lipinski definition) is 2. The number of ether oxygens (including phenoxy) is 1.